The van der Waals surface area contributed by atoms with Crippen molar-refractivity contribution in [3.8, 4) is 0 Å². The van der Waals surface area contributed by atoms with Gasteiger partial charge in [-0.1, -0.05) is 42.4 Å². The maximum Gasteiger partial charge on any atom is 0.241 e. The molecule has 0 unspecified atom stereocenters. The molecule has 2 heterocycles. The fraction of sp³-hybridized carbons (Fsp3) is 0.357. The minimum absolute atomic E-state index is 0.0399. The smallest absolute Gasteiger partial charge is 0.241 e. The summed E-state index contributed by atoms with van der Waals surface area (Å²) in [6.07, 6.45) is 0.436. The van der Waals surface area contributed by atoms with Gasteiger partial charge in [0.2, 0.25) is 11.1 Å². The third-order valence-electron chi connectivity index (χ3n) is 3.46. The predicted octanol–water partition coefficient (Wildman–Crippen LogP) is 2.96. The van der Waals surface area contributed by atoms with Crippen LogP contribution in [0.1, 0.15) is 30.8 Å². The monoisotopic (exact) mass is 322 g/mol. The number of carbonyl (C=O) groups is 1. The van der Waals surface area contributed by atoms with Crippen molar-refractivity contribution in [1.29, 1.82) is 0 Å². The maximum absolute atomic E-state index is 12.4. The number of fused-ring (bicyclic) bond motifs is 1. The first-order valence-electron chi connectivity index (χ1n) is 6.74. The number of benzene rings is 1. The highest BCUT2D eigenvalue weighted by Crippen LogP contribution is 2.34. The van der Waals surface area contributed by atoms with Crippen molar-refractivity contribution in [3.05, 3.63) is 40.7 Å². The normalized spacial score (nSPS) is 17.7. The van der Waals surface area contributed by atoms with Gasteiger partial charge < -0.3 is 0 Å². The van der Waals surface area contributed by atoms with Gasteiger partial charge in [0.15, 0.2) is 5.82 Å². The molecule has 110 valence electrons. The number of hydrogen-bond acceptors (Lipinski definition) is 4. The summed E-state index contributed by atoms with van der Waals surface area (Å²) < 4.78 is 1.82. The van der Waals surface area contributed by atoms with E-state index in [1.54, 1.807) is 16.8 Å². The van der Waals surface area contributed by atoms with Crippen LogP contribution in [0, 0.1) is 6.92 Å². The second-order valence-corrected chi connectivity index (χ2v) is 6.24. The van der Waals surface area contributed by atoms with Gasteiger partial charge in [0.25, 0.3) is 0 Å². The van der Waals surface area contributed by atoms with Gasteiger partial charge in [0, 0.05) is 17.2 Å². The van der Waals surface area contributed by atoms with Gasteiger partial charge in [-0.25, -0.2) is 9.69 Å². The predicted molar refractivity (Wildman–Crippen MR) is 83.2 cm³/mol. The lowest BCUT2D eigenvalue weighted by Crippen LogP contribution is -2.47. The molecule has 2 aromatic rings. The van der Waals surface area contributed by atoms with Crippen molar-refractivity contribution in [3.63, 3.8) is 0 Å². The Bertz CT molecular complexity index is 670. The number of aromatic nitrogens is 3. The summed E-state index contributed by atoms with van der Waals surface area (Å²) >= 11 is 7.57. The van der Waals surface area contributed by atoms with Gasteiger partial charge in [-0.15, -0.1) is 10.2 Å². The maximum atomic E-state index is 12.4. The molecule has 0 fully saturated rings. The van der Waals surface area contributed by atoms with Crippen molar-refractivity contribution < 1.29 is 4.79 Å². The summed E-state index contributed by atoms with van der Waals surface area (Å²) in [6, 6.07) is 7.60. The van der Waals surface area contributed by atoms with Gasteiger partial charge >= 0.3 is 0 Å². The molecular weight excluding hydrogens is 308 g/mol. The van der Waals surface area contributed by atoms with Crippen molar-refractivity contribution >= 4 is 29.3 Å². The first-order valence-corrected chi connectivity index (χ1v) is 8.10. The van der Waals surface area contributed by atoms with Crippen LogP contribution in [0.4, 0.5) is 0 Å². The van der Waals surface area contributed by atoms with E-state index in [-0.39, 0.29) is 11.9 Å². The zero-order valence-electron chi connectivity index (χ0n) is 11.8. The molecule has 5 nitrogen and oxygen atoms in total. The lowest BCUT2D eigenvalue weighted by atomic mass is 10.1. The van der Waals surface area contributed by atoms with Crippen LogP contribution in [-0.2, 0) is 4.79 Å². The van der Waals surface area contributed by atoms with E-state index in [1.165, 1.54) is 0 Å². The molecule has 0 spiro atoms. The molecule has 0 saturated heterocycles. The number of carbonyl (C=O) groups excluding carboxylic acids is 1. The summed E-state index contributed by atoms with van der Waals surface area (Å²) in [6.45, 7) is 3.72. The molecule has 1 aromatic heterocycles. The molecule has 3 rings (SSSR count). The average Bonchev–Trinajstić information content (AvgIpc) is 2.88. The second-order valence-electron chi connectivity index (χ2n) is 4.81. The minimum Gasteiger partial charge on any atom is -0.273 e. The summed E-state index contributed by atoms with van der Waals surface area (Å²) in [4.78, 5) is 12.4. The number of aryl methyl sites for hydroxylation is 1. The van der Waals surface area contributed by atoms with Crippen molar-refractivity contribution in [2.75, 3.05) is 10.8 Å². The first kappa shape index (κ1) is 14.4. The van der Waals surface area contributed by atoms with Gasteiger partial charge in [-0.2, -0.15) is 0 Å². The number of hydrogen-bond donors (Lipinski definition) is 0. The molecule has 1 aromatic carbocycles. The molecule has 7 heteroatoms. The van der Waals surface area contributed by atoms with Crippen LogP contribution in [0.3, 0.4) is 0 Å². The largest absolute Gasteiger partial charge is 0.273 e. The molecule has 0 N–H and O–H groups in total. The Kier molecular flexibility index (Phi) is 3.91. The van der Waals surface area contributed by atoms with Crippen LogP contribution in [0.5, 0.6) is 0 Å². The molecule has 0 bridgehead atoms. The highest BCUT2D eigenvalue weighted by Gasteiger charge is 2.34. The SMILES string of the molecule is CCC(=O)N1[C@@H](c2ccc(Cl)cc2)CSc2nnc(C)n21. The van der Waals surface area contributed by atoms with E-state index in [0.29, 0.717) is 11.4 Å². The lowest BCUT2D eigenvalue weighted by molar-refractivity contribution is -0.120. The minimum atomic E-state index is -0.0399. The standard InChI is InChI=1S/C14H15ClN4OS/c1-3-13(20)19-12(10-4-6-11(15)7-5-10)8-21-14-17-16-9(2)18(14)19/h4-7,12H,3,8H2,1-2H3/t12-/m1/s1. The molecule has 1 atom stereocenters. The quantitative estimate of drug-likeness (QED) is 0.853. The van der Waals surface area contributed by atoms with E-state index < -0.39 is 0 Å². The third kappa shape index (κ3) is 2.53. The molecular formula is C14H15ClN4OS. The van der Waals surface area contributed by atoms with E-state index in [9.17, 15) is 4.79 Å². The van der Waals surface area contributed by atoms with Crippen molar-refractivity contribution in [1.82, 2.24) is 14.9 Å². The molecule has 0 radical (unpaired) electrons. The molecule has 1 aliphatic heterocycles. The zero-order valence-corrected chi connectivity index (χ0v) is 13.4. The van der Waals surface area contributed by atoms with Gasteiger partial charge in [0.05, 0.1) is 6.04 Å². The summed E-state index contributed by atoms with van der Waals surface area (Å²) in [5.74, 6) is 1.53. The van der Waals surface area contributed by atoms with Gasteiger partial charge in [-0.3, -0.25) is 4.79 Å². The van der Waals surface area contributed by atoms with Crippen molar-refractivity contribution in [2.24, 2.45) is 0 Å². The third-order valence-corrected chi connectivity index (χ3v) is 4.71. The van der Waals surface area contributed by atoms with Crippen LogP contribution in [-0.4, -0.2) is 26.5 Å². The molecule has 1 aliphatic rings. The average molecular weight is 323 g/mol. The van der Waals surface area contributed by atoms with Gasteiger partial charge in [0.1, 0.15) is 0 Å². The number of rotatable bonds is 2. The highest BCUT2D eigenvalue weighted by atomic mass is 35.5. The summed E-state index contributed by atoms with van der Waals surface area (Å²) in [5.41, 5.74) is 1.06. The fourth-order valence-electron chi connectivity index (χ4n) is 2.41. The molecule has 21 heavy (non-hydrogen) atoms. The highest BCUT2D eigenvalue weighted by molar-refractivity contribution is 7.99. The summed E-state index contributed by atoms with van der Waals surface area (Å²) in [7, 11) is 0. The van der Waals surface area contributed by atoms with E-state index in [4.69, 9.17) is 11.6 Å². The number of halogens is 1. The molecule has 1 amide bonds. The van der Waals surface area contributed by atoms with Crippen LogP contribution in [0.15, 0.2) is 29.4 Å². The van der Waals surface area contributed by atoms with Crippen molar-refractivity contribution in [2.45, 2.75) is 31.5 Å². The Morgan fingerprint density at radius 1 is 1.38 bits per heavy atom. The number of amides is 1. The first-order chi connectivity index (χ1) is 10.1. The van der Waals surface area contributed by atoms with Gasteiger partial charge in [-0.05, 0) is 24.6 Å². The Morgan fingerprint density at radius 3 is 2.76 bits per heavy atom. The topological polar surface area (TPSA) is 51.0 Å². The van der Waals surface area contributed by atoms with Crippen LogP contribution in [0.25, 0.3) is 0 Å². The second kappa shape index (κ2) is 5.69. The molecule has 0 aliphatic carbocycles. The Hall–Kier alpha value is -1.53. The van der Waals surface area contributed by atoms with E-state index in [0.717, 1.165) is 22.3 Å². The zero-order chi connectivity index (χ0) is 15.0. The van der Waals surface area contributed by atoms with Crippen LogP contribution < -0.4 is 5.01 Å². The van der Waals surface area contributed by atoms with E-state index >= 15 is 0 Å². The van der Waals surface area contributed by atoms with E-state index in [2.05, 4.69) is 10.2 Å². The summed E-state index contributed by atoms with van der Waals surface area (Å²) in [5, 5.41) is 11.4. The van der Waals surface area contributed by atoms with Crippen LogP contribution in [0.2, 0.25) is 5.02 Å². The molecule has 0 saturated carbocycles. The van der Waals surface area contributed by atoms with Crippen LogP contribution >= 0.6 is 23.4 Å². The van der Waals surface area contributed by atoms with E-state index in [1.807, 2.05) is 42.8 Å². The lowest BCUT2D eigenvalue weighted by Gasteiger charge is -2.36. The Balaban J connectivity index is 2.06. The Labute approximate surface area is 132 Å². The number of nitrogens with zero attached hydrogens (tertiary/aromatic N) is 4. The number of thioether (sulfide) groups is 1. The Morgan fingerprint density at radius 2 is 2.10 bits per heavy atom. The fourth-order valence-corrected chi connectivity index (χ4v) is 3.62.